The Hall–Kier alpha value is -2.61. The minimum atomic E-state index is -4.23. The van der Waals surface area contributed by atoms with Crippen LogP contribution in [0.3, 0.4) is 0 Å². The van der Waals surface area contributed by atoms with Crippen LogP contribution in [0.2, 0.25) is 0 Å². The number of benzene rings is 1. The highest BCUT2D eigenvalue weighted by Crippen LogP contribution is 2.35. The van der Waals surface area contributed by atoms with Gasteiger partial charge < -0.3 is 15.8 Å². The van der Waals surface area contributed by atoms with Gasteiger partial charge in [0.15, 0.2) is 0 Å². The molecule has 0 aliphatic heterocycles. The zero-order valence-electron chi connectivity index (χ0n) is 13.1. The smallest absolute Gasteiger partial charge is 0.401 e. The van der Waals surface area contributed by atoms with Gasteiger partial charge in [-0.3, -0.25) is 4.79 Å². The molecule has 1 aliphatic rings. The molecule has 1 unspecified atom stereocenters. The van der Waals surface area contributed by atoms with E-state index in [0.717, 1.165) is 11.1 Å². The van der Waals surface area contributed by atoms with Gasteiger partial charge in [-0.15, -0.1) is 0 Å². The zero-order valence-corrected chi connectivity index (χ0v) is 13.1. The van der Waals surface area contributed by atoms with Gasteiger partial charge in [0.05, 0.1) is 12.1 Å². The van der Waals surface area contributed by atoms with Crippen LogP contribution in [0, 0.1) is 0 Å². The second-order valence-corrected chi connectivity index (χ2v) is 5.80. The molecule has 0 saturated heterocycles. The number of nitrogens with two attached hydrogens (primary N) is 1. The number of aromatic nitrogens is 1. The van der Waals surface area contributed by atoms with Crippen molar-refractivity contribution in [3.8, 4) is 11.6 Å². The molecule has 0 spiro atoms. The van der Waals surface area contributed by atoms with Crippen LogP contribution in [0.4, 0.5) is 13.2 Å². The summed E-state index contributed by atoms with van der Waals surface area (Å²) in [7, 11) is 0. The third-order valence-corrected chi connectivity index (χ3v) is 3.98. The van der Waals surface area contributed by atoms with Crippen molar-refractivity contribution in [2.24, 2.45) is 5.73 Å². The Morgan fingerprint density at radius 2 is 2.12 bits per heavy atom. The van der Waals surface area contributed by atoms with Gasteiger partial charge in [-0.05, 0) is 42.2 Å². The van der Waals surface area contributed by atoms with Crippen LogP contribution >= 0.6 is 0 Å². The number of nitrogens with one attached hydrogen (secondary N) is 1. The van der Waals surface area contributed by atoms with Crippen LogP contribution in [0.25, 0.3) is 0 Å². The van der Waals surface area contributed by atoms with Crippen LogP contribution in [-0.4, -0.2) is 23.6 Å². The maximum Gasteiger partial charge on any atom is 0.401 e. The number of pyridine rings is 1. The largest absolute Gasteiger partial charge is 0.439 e. The molecule has 1 atom stereocenters. The molecule has 0 saturated carbocycles. The van der Waals surface area contributed by atoms with E-state index in [0.29, 0.717) is 24.5 Å². The van der Waals surface area contributed by atoms with Gasteiger partial charge in [0.25, 0.3) is 0 Å². The van der Waals surface area contributed by atoms with Crippen molar-refractivity contribution in [3.05, 3.63) is 53.2 Å². The number of aryl methyl sites for hydroxylation is 1. The maximum atomic E-state index is 12.4. The number of rotatable bonds is 5. The van der Waals surface area contributed by atoms with E-state index >= 15 is 0 Å². The molecule has 1 aliphatic carbocycles. The molecular formula is C17H16F3N3O2. The molecule has 8 heteroatoms. The number of hydrogen-bond donors (Lipinski definition) is 2. The van der Waals surface area contributed by atoms with E-state index in [-0.39, 0.29) is 11.6 Å². The molecule has 5 nitrogen and oxygen atoms in total. The number of halogens is 3. The summed E-state index contributed by atoms with van der Waals surface area (Å²) in [5, 5.41) is 2.54. The van der Waals surface area contributed by atoms with E-state index in [9.17, 15) is 18.0 Å². The lowest BCUT2D eigenvalue weighted by Gasteiger charge is -2.16. The van der Waals surface area contributed by atoms with E-state index in [2.05, 4.69) is 10.3 Å². The van der Waals surface area contributed by atoms with E-state index in [1.807, 2.05) is 0 Å². The number of hydrogen-bond acceptors (Lipinski definition) is 4. The predicted molar refractivity (Wildman–Crippen MR) is 84.4 cm³/mol. The lowest BCUT2D eigenvalue weighted by Crippen LogP contribution is -2.31. The third kappa shape index (κ3) is 4.27. The number of amides is 1. The lowest BCUT2D eigenvalue weighted by molar-refractivity contribution is -0.126. The minimum absolute atomic E-state index is 0.278. The summed E-state index contributed by atoms with van der Waals surface area (Å²) in [4.78, 5) is 15.0. The molecule has 1 heterocycles. The number of nitrogens with zero attached hydrogens (tertiary/aromatic N) is 1. The number of alkyl halides is 3. The normalized spacial score (nSPS) is 16.5. The maximum absolute atomic E-state index is 12.4. The second kappa shape index (κ2) is 6.72. The average molecular weight is 351 g/mol. The quantitative estimate of drug-likeness (QED) is 0.868. The highest BCUT2D eigenvalue weighted by molar-refractivity contribution is 5.92. The van der Waals surface area contributed by atoms with E-state index < -0.39 is 18.6 Å². The van der Waals surface area contributed by atoms with Gasteiger partial charge >= 0.3 is 6.18 Å². The van der Waals surface area contributed by atoms with Crippen molar-refractivity contribution < 1.29 is 22.7 Å². The molecule has 132 valence electrons. The highest BCUT2D eigenvalue weighted by Gasteiger charge is 2.30. The van der Waals surface area contributed by atoms with E-state index in [1.54, 1.807) is 18.2 Å². The first-order valence-corrected chi connectivity index (χ1v) is 7.68. The van der Waals surface area contributed by atoms with Gasteiger partial charge in [-0.1, -0.05) is 6.07 Å². The van der Waals surface area contributed by atoms with Gasteiger partial charge in [0.2, 0.25) is 11.8 Å². The van der Waals surface area contributed by atoms with Crippen molar-refractivity contribution in [1.29, 1.82) is 0 Å². The van der Waals surface area contributed by atoms with Gasteiger partial charge in [-0.2, -0.15) is 13.2 Å². The lowest BCUT2D eigenvalue weighted by atomic mass is 10.1. The fourth-order valence-electron chi connectivity index (χ4n) is 2.82. The predicted octanol–water partition coefficient (Wildman–Crippen LogP) is 3.11. The Balaban J connectivity index is 1.69. The Labute approximate surface area is 142 Å². The van der Waals surface area contributed by atoms with Crippen LogP contribution in [0.5, 0.6) is 11.6 Å². The van der Waals surface area contributed by atoms with E-state index in [1.165, 1.54) is 18.3 Å². The van der Waals surface area contributed by atoms with Gasteiger partial charge in [0.1, 0.15) is 5.75 Å². The number of carbonyl (C=O) groups is 1. The first kappa shape index (κ1) is 17.2. The minimum Gasteiger partial charge on any atom is -0.439 e. The SMILES string of the molecule is NC(=O)c1ccc(Oc2ccc3c(c2)CCC3NCC(F)(F)F)nc1. The monoisotopic (exact) mass is 351 g/mol. The summed E-state index contributed by atoms with van der Waals surface area (Å²) in [6.07, 6.45) is -1.62. The molecule has 3 rings (SSSR count). The van der Waals surface area contributed by atoms with Crippen LogP contribution < -0.4 is 15.8 Å². The molecule has 2 aromatic rings. The highest BCUT2D eigenvalue weighted by atomic mass is 19.4. The first-order valence-electron chi connectivity index (χ1n) is 7.68. The Kier molecular flexibility index (Phi) is 4.63. The van der Waals surface area contributed by atoms with Crippen molar-refractivity contribution in [3.63, 3.8) is 0 Å². The topological polar surface area (TPSA) is 77.2 Å². The molecule has 0 fully saturated rings. The molecular weight excluding hydrogens is 335 g/mol. The summed E-state index contributed by atoms with van der Waals surface area (Å²) in [6, 6.07) is 7.99. The van der Waals surface area contributed by atoms with Crippen molar-refractivity contribution in [2.45, 2.75) is 25.1 Å². The van der Waals surface area contributed by atoms with Crippen LogP contribution in [0.15, 0.2) is 36.5 Å². The van der Waals surface area contributed by atoms with E-state index in [4.69, 9.17) is 10.5 Å². The number of fused-ring (bicyclic) bond motifs is 1. The van der Waals surface area contributed by atoms with Crippen molar-refractivity contribution in [2.75, 3.05) is 6.54 Å². The van der Waals surface area contributed by atoms with Crippen LogP contribution in [0.1, 0.15) is 33.9 Å². The second-order valence-electron chi connectivity index (χ2n) is 5.80. The van der Waals surface area contributed by atoms with Gasteiger partial charge in [-0.25, -0.2) is 4.98 Å². The summed E-state index contributed by atoms with van der Waals surface area (Å²) in [5.74, 6) is 0.262. The number of ether oxygens (including phenoxy) is 1. The molecule has 25 heavy (non-hydrogen) atoms. The number of primary amides is 1. The van der Waals surface area contributed by atoms with Gasteiger partial charge in [0, 0.05) is 18.3 Å². The number of carbonyl (C=O) groups excluding carboxylic acids is 1. The molecule has 3 N–H and O–H groups in total. The molecule has 1 amide bonds. The average Bonchev–Trinajstić information content (AvgIpc) is 2.95. The summed E-state index contributed by atoms with van der Waals surface area (Å²) in [6.45, 7) is -1.01. The Morgan fingerprint density at radius 1 is 1.32 bits per heavy atom. The fourth-order valence-corrected chi connectivity index (χ4v) is 2.82. The van der Waals surface area contributed by atoms with Crippen molar-refractivity contribution in [1.82, 2.24) is 10.3 Å². The first-order chi connectivity index (χ1) is 11.8. The third-order valence-electron chi connectivity index (χ3n) is 3.98. The molecule has 1 aromatic carbocycles. The summed E-state index contributed by atoms with van der Waals surface area (Å²) in [5.41, 5.74) is 7.23. The molecule has 0 bridgehead atoms. The Bertz CT molecular complexity index is 776. The molecule has 0 radical (unpaired) electrons. The summed E-state index contributed by atoms with van der Waals surface area (Å²) < 4.78 is 42.7. The zero-order chi connectivity index (χ0) is 18.0. The van der Waals surface area contributed by atoms with Crippen molar-refractivity contribution >= 4 is 5.91 Å². The Morgan fingerprint density at radius 3 is 2.76 bits per heavy atom. The van der Waals surface area contributed by atoms with Crippen LogP contribution in [-0.2, 0) is 6.42 Å². The summed E-state index contributed by atoms with van der Waals surface area (Å²) >= 11 is 0. The molecule has 1 aromatic heterocycles. The fraction of sp³-hybridized carbons (Fsp3) is 0.294. The standard InChI is InChI=1S/C17H16F3N3O2/c18-17(19,20)9-23-14-5-1-10-7-12(3-4-13(10)14)25-15-6-2-11(8-22-15)16(21)24/h2-4,6-8,14,23H,1,5,9H2,(H2,21,24).